The third kappa shape index (κ3) is 6.62. The number of nitrogens with zero attached hydrogens (tertiary/aromatic N) is 2. The van der Waals surface area contributed by atoms with Gasteiger partial charge >= 0.3 is 0 Å². The minimum atomic E-state index is 0.345. The SMILES string of the molecule is c1ccc(-c2cccc(-c3cc(-c4ccc(-c5ccc6ccccc6c5)cc4)nc(-c4cc(-c5ccc(C67CC8CC(CC(C8)C6)C7)cc5)cc5c4oc4ccc6ccccc6c45)n3)c2)cc1. The smallest absolute Gasteiger partial charge is 0.164 e. The van der Waals surface area contributed by atoms with E-state index in [-0.39, 0.29) is 0 Å². The topological polar surface area (TPSA) is 38.9 Å². The summed E-state index contributed by atoms with van der Waals surface area (Å²) in [7, 11) is 0. The molecule has 4 aliphatic carbocycles. The predicted octanol–water partition coefficient (Wildman–Crippen LogP) is 17.2. The summed E-state index contributed by atoms with van der Waals surface area (Å²) in [6.07, 6.45) is 8.44. The molecule has 4 fully saturated rings. The van der Waals surface area contributed by atoms with Crippen molar-refractivity contribution in [2.45, 2.75) is 43.9 Å². The second-order valence-electron chi connectivity index (χ2n) is 20.0. The molecule has 320 valence electrons. The van der Waals surface area contributed by atoms with Gasteiger partial charge in [-0.2, -0.15) is 0 Å². The van der Waals surface area contributed by atoms with E-state index in [1.807, 2.05) is 0 Å². The van der Waals surface area contributed by atoms with E-state index in [0.717, 1.165) is 84.5 Å². The van der Waals surface area contributed by atoms with E-state index >= 15 is 0 Å². The van der Waals surface area contributed by atoms with Gasteiger partial charge in [-0.25, -0.2) is 9.97 Å². The third-order valence-corrected chi connectivity index (χ3v) is 15.8. The van der Waals surface area contributed by atoms with Crippen molar-refractivity contribution in [3.8, 4) is 67.3 Å². The van der Waals surface area contributed by atoms with Gasteiger partial charge in [0, 0.05) is 21.9 Å². The van der Waals surface area contributed by atoms with Gasteiger partial charge in [0.05, 0.1) is 17.0 Å². The quantitative estimate of drug-likeness (QED) is 0.160. The van der Waals surface area contributed by atoms with Crippen LogP contribution < -0.4 is 0 Å². The van der Waals surface area contributed by atoms with Gasteiger partial charge in [-0.15, -0.1) is 0 Å². The molecule has 0 spiro atoms. The van der Waals surface area contributed by atoms with Gasteiger partial charge in [0.25, 0.3) is 0 Å². The fourth-order valence-corrected chi connectivity index (χ4v) is 13.0. The van der Waals surface area contributed by atoms with Crippen LogP contribution in [0.15, 0.2) is 205 Å². The number of fused-ring (bicyclic) bond motifs is 6. The maximum atomic E-state index is 6.98. The van der Waals surface area contributed by atoms with Crippen LogP contribution >= 0.6 is 0 Å². The van der Waals surface area contributed by atoms with E-state index in [1.54, 1.807) is 5.56 Å². The highest BCUT2D eigenvalue weighted by Gasteiger charge is 2.51. The Kier molecular flexibility index (Phi) is 8.78. The zero-order chi connectivity index (χ0) is 44.1. The minimum Gasteiger partial charge on any atom is -0.455 e. The summed E-state index contributed by atoms with van der Waals surface area (Å²) in [5, 5.41) is 7.04. The van der Waals surface area contributed by atoms with E-state index in [1.165, 1.54) is 76.8 Å². The van der Waals surface area contributed by atoms with Crippen LogP contribution in [-0.2, 0) is 5.41 Å². The monoisotopic (exact) mass is 860 g/mol. The predicted molar refractivity (Wildman–Crippen MR) is 277 cm³/mol. The standard InChI is InChI=1S/C64H48N2O/c1-2-9-43(10-3-1)50-14-8-15-52(33-50)59-36-58(48-20-17-45(18-21-48)51-22-19-44-11-4-5-13-49(44)32-51)65-63(66-59)57-35-53(34-56-61-55-16-7-6-12-47(55)25-28-60(61)67-62(56)57)46-23-26-54(27-24-46)64-37-40-29-41(38-64)31-42(30-40)39-64/h1-28,32-36,40-42H,29-31,37-39H2. The highest BCUT2D eigenvalue weighted by molar-refractivity contribution is 6.21. The molecule has 0 radical (unpaired) electrons. The van der Waals surface area contributed by atoms with Gasteiger partial charge in [-0.3, -0.25) is 0 Å². The van der Waals surface area contributed by atoms with Crippen LogP contribution in [0.1, 0.15) is 44.1 Å². The van der Waals surface area contributed by atoms with Crippen LogP contribution in [0, 0.1) is 17.8 Å². The average Bonchev–Trinajstić information content (AvgIpc) is 3.77. The summed E-state index contributed by atoms with van der Waals surface area (Å²) in [4.78, 5) is 11.0. The summed E-state index contributed by atoms with van der Waals surface area (Å²) in [6.45, 7) is 0. The van der Waals surface area contributed by atoms with Crippen molar-refractivity contribution < 1.29 is 4.42 Å². The number of benzene rings is 9. The lowest BCUT2D eigenvalue weighted by atomic mass is 9.48. The van der Waals surface area contributed by atoms with Crippen LogP contribution in [0.5, 0.6) is 0 Å². The Bertz CT molecular complexity index is 3680. The molecule has 4 saturated carbocycles. The fourth-order valence-electron chi connectivity index (χ4n) is 13.0. The number of aromatic nitrogens is 2. The van der Waals surface area contributed by atoms with Gasteiger partial charge in [-0.1, -0.05) is 164 Å². The molecule has 11 aromatic rings. The molecule has 15 rings (SSSR count). The van der Waals surface area contributed by atoms with E-state index in [4.69, 9.17) is 14.4 Å². The van der Waals surface area contributed by atoms with Crippen LogP contribution in [0.25, 0.3) is 111 Å². The van der Waals surface area contributed by atoms with Crippen molar-refractivity contribution in [2.75, 3.05) is 0 Å². The van der Waals surface area contributed by atoms with E-state index in [2.05, 4.69) is 200 Å². The molecule has 2 aromatic heterocycles. The maximum Gasteiger partial charge on any atom is 0.164 e. The van der Waals surface area contributed by atoms with Crippen LogP contribution in [0.3, 0.4) is 0 Å². The minimum absolute atomic E-state index is 0.345. The summed E-state index contributed by atoms with van der Waals surface area (Å²) in [6, 6.07) is 72.8. The van der Waals surface area contributed by atoms with Gasteiger partial charge in [-0.05, 0) is 159 Å². The molecule has 0 N–H and O–H groups in total. The Hall–Kier alpha value is -7.62. The first-order chi connectivity index (χ1) is 33.1. The van der Waals surface area contributed by atoms with Gasteiger partial charge in [0.2, 0.25) is 0 Å². The molecule has 3 heteroatoms. The number of hydrogen-bond donors (Lipinski definition) is 0. The number of hydrogen-bond acceptors (Lipinski definition) is 3. The second kappa shape index (κ2) is 15.2. The van der Waals surface area contributed by atoms with Crippen LogP contribution in [0.4, 0.5) is 0 Å². The lowest BCUT2D eigenvalue weighted by Crippen LogP contribution is -2.48. The summed E-state index contributed by atoms with van der Waals surface area (Å²) in [5.41, 5.74) is 15.2. The Morgan fingerprint density at radius 1 is 0.388 bits per heavy atom. The number of furan rings is 1. The zero-order valence-corrected chi connectivity index (χ0v) is 37.3. The van der Waals surface area contributed by atoms with Crippen LogP contribution in [0.2, 0.25) is 0 Å². The first kappa shape index (κ1) is 38.6. The summed E-state index contributed by atoms with van der Waals surface area (Å²) >= 11 is 0. The third-order valence-electron chi connectivity index (χ3n) is 15.8. The summed E-state index contributed by atoms with van der Waals surface area (Å²) < 4.78 is 6.98. The zero-order valence-electron chi connectivity index (χ0n) is 37.3. The molecule has 9 aromatic carbocycles. The molecule has 0 atom stereocenters. The first-order valence-corrected chi connectivity index (χ1v) is 24.2. The highest BCUT2D eigenvalue weighted by atomic mass is 16.3. The average molecular weight is 861 g/mol. The highest BCUT2D eigenvalue weighted by Crippen LogP contribution is 2.61. The molecule has 0 saturated heterocycles. The second-order valence-corrected chi connectivity index (χ2v) is 20.0. The van der Waals surface area contributed by atoms with E-state index in [9.17, 15) is 0 Å². The first-order valence-electron chi connectivity index (χ1n) is 24.2. The molecule has 4 aliphatic rings. The lowest BCUT2D eigenvalue weighted by molar-refractivity contribution is -0.00518. The largest absolute Gasteiger partial charge is 0.455 e. The molecule has 0 aliphatic heterocycles. The van der Waals surface area contributed by atoms with Gasteiger partial charge < -0.3 is 4.42 Å². The van der Waals surface area contributed by atoms with Crippen LogP contribution in [-0.4, -0.2) is 9.97 Å². The van der Waals surface area contributed by atoms with Crippen molar-refractivity contribution in [1.82, 2.24) is 9.97 Å². The van der Waals surface area contributed by atoms with Crippen molar-refractivity contribution in [2.24, 2.45) is 17.8 Å². The molecule has 4 bridgehead atoms. The van der Waals surface area contributed by atoms with E-state index < -0.39 is 0 Å². The van der Waals surface area contributed by atoms with Gasteiger partial charge in [0.1, 0.15) is 11.2 Å². The lowest BCUT2D eigenvalue weighted by Gasteiger charge is -2.57. The molecule has 3 nitrogen and oxygen atoms in total. The van der Waals surface area contributed by atoms with Crippen molar-refractivity contribution in [3.63, 3.8) is 0 Å². The maximum absolute atomic E-state index is 6.98. The van der Waals surface area contributed by atoms with E-state index in [0.29, 0.717) is 11.2 Å². The Labute approximate surface area is 390 Å². The number of rotatable bonds is 7. The molecular formula is C64H48N2O. The summed E-state index contributed by atoms with van der Waals surface area (Å²) in [5.74, 6) is 3.36. The van der Waals surface area contributed by atoms with Crippen molar-refractivity contribution in [3.05, 3.63) is 206 Å². The molecular weight excluding hydrogens is 813 g/mol. The Morgan fingerprint density at radius 2 is 0.955 bits per heavy atom. The van der Waals surface area contributed by atoms with Crippen molar-refractivity contribution in [1.29, 1.82) is 0 Å². The Morgan fingerprint density at radius 3 is 1.73 bits per heavy atom. The molecule has 0 amide bonds. The molecule has 67 heavy (non-hydrogen) atoms. The Balaban J connectivity index is 0.950. The fraction of sp³-hybridized carbons (Fsp3) is 0.156. The molecule has 2 heterocycles. The normalized spacial score (nSPS) is 19.8. The van der Waals surface area contributed by atoms with Gasteiger partial charge in [0.15, 0.2) is 5.82 Å². The van der Waals surface area contributed by atoms with Crippen molar-refractivity contribution >= 4 is 43.5 Å². The molecule has 0 unspecified atom stereocenters.